The monoisotopic (exact) mass is 345 g/mol. The van der Waals surface area contributed by atoms with E-state index in [-0.39, 0.29) is 12.1 Å². The van der Waals surface area contributed by atoms with Gasteiger partial charge in [-0.05, 0) is 37.3 Å². The molecule has 2 heterocycles. The SMILES string of the molecule is O=C(NC1CCCCCCC1)N(Cc1cccnc1)CC1CCCO1. The Morgan fingerprint density at radius 2 is 1.96 bits per heavy atom. The Bertz CT molecular complexity index is 509. The molecule has 1 unspecified atom stereocenters. The molecule has 0 spiro atoms. The third-order valence-corrected chi connectivity index (χ3v) is 5.26. The number of rotatable bonds is 5. The molecule has 1 aromatic heterocycles. The van der Waals surface area contributed by atoms with Gasteiger partial charge in [-0.3, -0.25) is 4.98 Å². The molecule has 1 aliphatic carbocycles. The first-order valence-corrected chi connectivity index (χ1v) is 9.87. The zero-order chi connectivity index (χ0) is 17.3. The molecule has 2 aliphatic rings. The fourth-order valence-corrected chi connectivity index (χ4v) is 3.83. The molecule has 138 valence electrons. The summed E-state index contributed by atoms with van der Waals surface area (Å²) in [6.07, 6.45) is 14.5. The van der Waals surface area contributed by atoms with Crippen LogP contribution in [0.1, 0.15) is 63.4 Å². The number of ether oxygens (including phenoxy) is 1. The van der Waals surface area contributed by atoms with Crippen molar-refractivity contribution in [3.8, 4) is 0 Å². The fourth-order valence-electron chi connectivity index (χ4n) is 3.83. The van der Waals surface area contributed by atoms with Crippen molar-refractivity contribution >= 4 is 6.03 Å². The van der Waals surface area contributed by atoms with Crippen LogP contribution in [-0.2, 0) is 11.3 Å². The van der Waals surface area contributed by atoms with E-state index in [1.54, 1.807) is 6.20 Å². The van der Waals surface area contributed by atoms with Crippen molar-refractivity contribution in [3.63, 3.8) is 0 Å². The predicted octanol–water partition coefficient (Wildman–Crippen LogP) is 3.89. The Kier molecular flexibility index (Phi) is 7.10. The van der Waals surface area contributed by atoms with E-state index in [1.165, 1.54) is 32.1 Å². The van der Waals surface area contributed by atoms with Crippen LogP contribution in [0.3, 0.4) is 0 Å². The van der Waals surface area contributed by atoms with E-state index < -0.39 is 0 Å². The van der Waals surface area contributed by atoms with Crippen LogP contribution in [0.4, 0.5) is 4.79 Å². The number of aromatic nitrogens is 1. The Balaban J connectivity index is 1.60. The van der Waals surface area contributed by atoms with Gasteiger partial charge in [-0.15, -0.1) is 0 Å². The number of urea groups is 1. The summed E-state index contributed by atoms with van der Waals surface area (Å²) in [4.78, 5) is 19.0. The molecule has 0 radical (unpaired) electrons. The second kappa shape index (κ2) is 9.76. The highest BCUT2D eigenvalue weighted by Crippen LogP contribution is 2.19. The largest absolute Gasteiger partial charge is 0.376 e. The maximum absolute atomic E-state index is 12.9. The van der Waals surface area contributed by atoms with Gasteiger partial charge in [-0.2, -0.15) is 0 Å². The molecule has 25 heavy (non-hydrogen) atoms. The van der Waals surface area contributed by atoms with E-state index in [9.17, 15) is 4.79 Å². The Hall–Kier alpha value is -1.62. The van der Waals surface area contributed by atoms with Crippen molar-refractivity contribution < 1.29 is 9.53 Å². The lowest BCUT2D eigenvalue weighted by Crippen LogP contribution is -2.47. The smallest absolute Gasteiger partial charge is 0.318 e. The van der Waals surface area contributed by atoms with Gasteiger partial charge in [0.05, 0.1) is 6.10 Å². The first-order chi connectivity index (χ1) is 12.3. The van der Waals surface area contributed by atoms with Crippen LogP contribution in [0.2, 0.25) is 0 Å². The molecule has 3 rings (SSSR count). The molecule has 1 N–H and O–H groups in total. The van der Waals surface area contributed by atoms with E-state index in [1.807, 2.05) is 23.2 Å². The summed E-state index contributed by atoms with van der Waals surface area (Å²) in [5.74, 6) is 0. The van der Waals surface area contributed by atoms with Crippen LogP contribution in [-0.4, -0.2) is 41.2 Å². The third-order valence-electron chi connectivity index (χ3n) is 5.26. The van der Waals surface area contributed by atoms with Gasteiger partial charge in [0.2, 0.25) is 0 Å². The number of pyridine rings is 1. The van der Waals surface area contributed by atoms with Gasteiger partial charge in [0.25, 0.3) is 0 Å². The molecule has 1 aliphatic heterocycles. The van der Waals surface area contributed by atoms with E-state index in [0.29, 0.717) is 19.1 Å². The molecule has 1 aromatic rings. The van der Waals surface area contributed by atoms with Crippen LogP contribution in [0.25, 0.3) is 0 Å². The highest BCUT2D eigenvalue weighted by atomic mass is 16.5. The average Bonchev–Trinajstić information content (AvgIpc) is 3.10. The van der Waals surface area contributed by atoms with Gasteiger partial charge >= 0.3 is 6.03 Å². The zero-order valence-electron chi connectivity index (χ0n) is 15.2. The molecule has 5 heteroatoms. The van der Waals surface area contributed by atoms with Crippen LogP contribution in [0, 0.1) is 0 Å². The van der Waals surface area contributed by atoms with Gasteiger partial charge in [0.1, 0.15) is 0 Å². The van der Waals surface area contributed by atoms with Crippen LogP contribution >= 0.6 is 0 Å². The second-order valence-corrected chi connectivity index (χ2v) is 7.37. The number of hydrogen-bond acceptors (Lipinski definition) is 3. The molecule has 1 saturated heterocycles. The summed E-state index contributed by atoms with van der Waals surface area (Å²) >= 11 is 0. The van der Waals surface area contributed by atoms with E-state index >= 15 is 0 Å². The molecule has 2 fully saturated rings. The number of nitrogens with zero attached hydrogens (tertiary/aromatic N) is 2. The summed E-state index contributed by atoms with van der Waals surface area (Å²) in [7, 11) is 0. The Morgan fingerprint density at radius 3 is 2.64 bits per heavy atom. The van der Waals surface area contributed by atoms with Gasteiger partial charge in [0.15, 0.2) is 0 Å². The highest BCUT2D eigenvalue weighted by Gasteiger charge is 2.24. The van der Waals surface area contributed by atoms with Crippen molar-refractivity contribution in [2.45, 2.75) is 76.5 Å². The molecule has 1 atom stereocenters. The Labute approximate surface area is 151 Å². The fraction of sp³-hybridized carbons (Fsp3) is 0.700. The predicted molar refractivity (Wildman–Crippen MR) is 98.3 cm³/mol. The average molecular weight is 345 g/mol. The van der Waals surface area contributed by atoms with Gasteiger partial charge in [-0.1, -0.05) is 38.2 Å². The number of hydrogen-bond donors (Lipinski definition) is 1. The van der Waals surface area contributed by atoms with Gasteiger partial charge in [-0.25, -0.2) is 4.79 Å². The number of carbonyl (C=O) groups is 1. The van der Waals surface area contributed by atoms with Gasteiger partial charge in [0, 0.05) is 38.1 Å². The van der Waals surface area contributed by atoms with Crippen LogP contribution in [0.5, 0.6) is 0 Å². The van der Waals surface area contributed by atoms with E-state index in [0.717, 1.165) is 37.9 Å². The summed E-state index contributed by atoms with van der Waals surface area (Å²) in [5.41, 5.74) is 1.06. The molecule has 0 bridgehead atoms. The molecular weight excluding hydrogens is 314 g/mol. The molecule has 5 nitrogen and oxygen atoms in total. The van der Waals surface area contributed by atoms with Gasteiger partial charge < -0.3 is 15.0 Å². The zero-order valence-corrected chi connectivity index (χ0v) is 15.2. The summed E-state index contributed by atoms with van der Waals surface area (Å²) in [6, 6.07) is 4.31. The molecule has 1 saturated carbocycles. The first-order valence-electron chi connectivity index (χ1n) is 9.87. The topological polar surface area (TPSA) is 54.5 Å². The number of carbonyl (C=O) groups excluding carboxylic acids is 1. The summed E-state index contributed by atoms with van der Waals surface area (Å²) in [6.45, 7) is 2.06. The summed E-state index contributed by atoms with van der Waals surface area (Å²) < 4.78 is 5.76. The summed E-state index contributed by atoms with van der Waals surface area (Å²) in [5, 5.41) is 3.29. The maximum atomic E-state index is 12.9. The van der Waals surface area contributed by atoms with E-state index in [2.05, 4.69) is 10.3 Å². The minimum absolute atomic E-state index is 0.0462. The Morgan fingerprint density at radius 1 is 1.16 bits per heavy atom. The first kappa shape index (κ1) is 18.2. The standard InChI is InChI=1S/C20H31N3O2/c24-20(22-18-9-4-2-1-3-5-10-18)23(16-19-11-7-13-25-19)15-17-8-6-12-21-14-17/h6,8,12,14,18-19H,1-5,7,9-11,13,15-16H2,(H,22,24). The lowest BCUT2D eigenvalue weighted by Gasteiger charge is -2.29. The molecule has 0 aromatic carbocycles. The quantitative estimate of drug-likeness (QED) is 0.881. The second-order valence-electron chi connectivity index (χ2n) is 7.37. The van der Waals surface area contributed by atoms with Crippen LogP contribution in [0.15, 0.2) is 24.5 Å². The van der Waals surface area contributed by atoms with Crippen molar-refractivity contribution in [2.75, 3.05) is 13.2 Å². The normalized spacial score (nSPS) is 22.2. The molecular formula is C20H31N3O2. The minimum Gasteiger partial charge on any atom is -0.376 e. The molecule has 2 amide bonds. The van der Waals surface area contributed by atoms with Crippen molar-refractivity contribution in [3.05, 3.63) is 30.1 Å². The lowest BCUT2D eigenvalue weighted by molar-refractivity contribution is 0.0786. The van der Waals surface area contributed by atoms with Crippen molar-refractivity contribution in [2.24, 2.45) is 0 Å². The maximum Gasteiger partial charge on any atom is 0.318 e. The highest BCUT2D eigenvalue weighted by molar-refractivity contribution is 5.74. The van der Waals surface area contributed by atoms with Crippen LogP contribution < -0.4 is 5.32 Å². The number of amides is 2. The van der Waals surface area contributed by atoms with Crippen molar-refractivity contribution in [1.29, 1.82) is 0 Å². The lowest BCUT2D eigenvalue weighted by atomic mass is 9.97. The van der Waals surface area contributed by atoms with Crippen molar-refractivity contribution in [1.82, 2.24) is 15.2 Å². The number of nitrogens with one attached hydrogen (secondary N) is 1. The van der Waals surface area contributed by atoms with E-state index in [4.69, 9.17) is 4.74 Å². The third kappa shape index (κ3) is 5.99. The minimum atomic E-state index is 0.0462.